The SMILES string of the molecule is COC(=O)C[C@@H]1CCC[C@H](CS(C)(=O)=O)O1. The summed E-state index contributed by atoms with van der Waals surface area (Å²) in [6.07, 6.45) is 3.34. The van der Waals surface area contributed by atoms with Crippen LogP contribution in [0, 0.1) is 0 Å². The molecule has 0 aliphatic carbocycles. The number of carbonyl (C=O) groups excluding carboxylic acids is 1. The summed E-state index contributed by atoms with van der Waals surface area (Å²) in [5.41, 5.74) is 0. The van der Waals surface area contributed by atoms with Crippen molar-refractivity contribution in [3.63, 3.8) is 0 Å². The zero-order chi connectivity index (χ0) is 12.2. The van der Waals surface area contributed by atoms with Crippen LogP contribution in [0.2, 0.25) is 0 Å². The van der Waals surface area contributed by atoms with E-state index in [-0.39, 0.29) is 30.4 Å². The monoisotopic (exact) mass is 250 g/mol. The minimum Gasteiger partial charge on any atom is -0.469 e. The molecule has 2 atom stereocenters. The van der Waals surface area contributed by atoms with E-state index < -0.39 is 9.84 Å². The lowest BCUT2D eigenvalue weighted by Crippen LogP contribution is -2.34. The molecule has 1 aliphatic heterocycles. The van der Waals surface area contributed by atoms with E-state index in [1.807, 2.05) is 0 Å². The van der Waals surface area contributed by atoms with Crippen molar-refractivity contribution in [3.05, 3.63) is 0 Å². The van der Waals surface area contributed by atoms with Gasteiger partial charge < -0.3 is 9.47 Å². The summed E-state index contributed by atoms with van der Waals surface area (Å²) in [6, 6.07) is 0. The Morgan fingerprint density at radius 1 is 1.38 bits per heavy atom. The number of rotatable bonds is 4. The molecule has 0 bridgehead atoms. The van der Waals surface area contributed by atoms with Gasteiger partial charge in [0.05, 0.1) is 31.5 Å². The van der Waals surface area contributed by atoms with Crippen molar-refractivity contribution < 1.29 is 22.7 Å². The molecule has 1 rings (SSSR count). The molecule has 0 spiro atoms. The Morgan fingerprint density at radius 2 is 2.00 bits per heavy atom. The van der Waals surface area contributed by atoms with Gasteiger partial charge in [0.1, 0.15) is 9.84 Å². The molecule has 0 radical (unpaired) electrons. The van der Waals surface area contributed by atoms with Crippen LogP contribution in [0.5, 0.6) is 0 Å². The third-order valence-corrected chi connectivity index (χ3v) is 3.53. The molecule has 1 heterocycles. The Bertz CT molecular complexity index is 335. The van der Waals surface area contributed by atoms with Gasteiger partial charge >= 0.3 is 5.97 Å². The van der Waals surface area contributed by atoms with E-state index in [1.54, 1.807) is 0 Å². The van der Waals surface area contributed by atoms with Crippen molar-refractivity contribution in [2.24, 2.45) is 0 Å². The Hall–Kier alpha value is -0.620. The predicted octanol–water partition coefficient (Wildman–Crippen LogP) is 0.532. The third-order valence-electron chi connectivity index (χ3n) is 2.55. The molecule has 1 fully saturated rings. The first kappa shape index (κ1) is 13.4. The lowest BCUT2D eigenvalue weighted by Gasteiger charge is -2.29. The van der Waals surface area contributed by atoms with Gasteiger partial charge in [-0.25, -0.2) is 8.42 Å². The summed E-state index contributed by atoms with van der Waals surface area (Å²) >= 11 is 0. The second-order valence-electron chi connectivity index (χ2n) is 4.18. The van der Waals surface area contributed by atoms with E-state index in [9.17, 15) is 13.2 Å². The fraction of sp³-hybridized carbons (Fsp3) is 0.900. The fourth-order valence-corrected chi connectivity index (χ4v) is 2.78. The van der Waals surface area contributed by atoms with Crippen molar-refractivity contribution >= 4 is 15.8 Å². The highest BCUT2D eigenvalue weighted by Crippen LogP contribution is 2.22. The zero-order valence-electron chi connectivity index (χ0n) is 9.64. The first-order chi connectivity index (χ1) is 7.40. The van der Waals surface area contributed by atoms with Crippen molar-refractivity contribution in [2.75, 3.05) is 19.1 Å². The molecule has 6 heteroatoms. The van der Waals surface area contributed by atoms with Crippen LogP contribution < -0.4 is 0 Å². The lowest BCUT2D eigenvalue weighted by atomic mass is 10.0. The average Bonchev–Trinajstić information content (AvgIpc) is 2.15. The molecule has 5 nitrogen and oxygen atoms in total. The molecule has 0 saturated carbocycles. The van der Waals surface area contributed by atoms with Crippen molar-refractivity contribution in [1.29, 1.82) is 0 Å². The second-order valence-corrected chi connectivity index (χ2v) is 6.37. The molecule has 0 aromatic heterocycles. The highest BCUT2D eigenvalue weighted by atomic mass is 32.2. The Balaban J connectivity index is 2.44. The lowest BCUT2D eigenvalue weighted by molar-refractivity contribution is -0.146. The van der Waals surface area contributed by atoms with Crippen LogP contribution in [0.25, 0.3) is 0 Å². The fourth-order valence-electron chi connectivity index (χ4n) is 1.86. The van der Waals surface area contributed by atoms with E-state index in [0.717, 1.165) is 19.3 Å². The zero-order valence-corrected chi connectivity index (χ0v) is 10.5. The minimum absolute atomic E-state index is 0.0324. The maximum Gasteiger partial charge on any atom is 0.308 e. The van der Waals surface area contributed by atoms with Crippen molar-refractivity contribution in [1.82, 2.24) is 0 Å². The molecule has 16 heavy (non-hydrogen) atoms. The number of esters is 1. The molecule has 1 saturated heterocycles. The highest BCUT2D eigenvalue weighted by Gasteiger charge is 2.26. The molecule has 94 valence electrons. The maximum atomic E-state index is 11.1. The minimum atomic E-state index is -3.02. The van der Waals surface area contributed by atoms with Crippen LogP contribution in [0.3, 0.4) is 0 Å². The molecule has 0 unspecified atom stereocenters. The molecular weight excluding hydrogens is 232 g/mol. The van der Waals surface area contributed by atoms with Crippen LogP contribution in [-0.2, 0) is 24.1 Å². The van der Waals surface area contributed by atoms with E-state index in [2.05, 4.69) is 4.74 Å². The first-order valence-electron chi connectivity index (χ1n) is 5.30. The maximum absolute atomic E-state index is 11.1. The summed E-state index contributed by atoms with van der Waals surface area (Å²) in [5.74, 6) is -0.282. The largest absolute Gasteiger partial charge is 0.469 e. The van der Waals surface area contributed by atoms with Crippen LogP contribution in [0.4, 0.5) is 0 Å². The standard InChI is InChI=1S/C10H18O5S/c1-14-10(11)6-8-4-3-5-9(15-8)7-16(2,12)13/h8-9H,3-7H2,1-2H3/t8-,9+/m0/s1. The summed E-state index contributed by atoms with van der Waals surface area (Å²) < 4.78 is 32.3. The van der Waals surface area contributed by atoms with Crippen LogP contribution in [0.15, 0.2) is 0 Å². The van der Waals surface area contributed by atoms with E-state index >= 15 is 0 Å². The average molecular weight is 250 g/mol. The van der Waals surface area contributed by atoms with Gasteiger partial charge in [-0.3, -0.25) is 4.79 Å². The molecule has 1 aliphatic rings. The number of methoxy groups -OCH3 is 1. The smallest absolute Gasteiger partial charge is 0.308 e. The summed E-state index contributed by atoms with van der Waals surface area (Å²) in [6.45, 7) is 0. The molecule has 0 aromatic carbocycles. The highest BCUT2D eigenvalue weighted by molar-refractivity contribution is 7.90. The van der Waals surface area contributed by atoms with Gasteiger partial charge in [-0.2, -0.15) is 0 Å². The van der Waals surface area contributed by atoms with Gasteiger partial charge in [0.25, 0.3) is 0 Å². The first-order valence-corrected chi connectivity index (χ1v) is 7.37. The molecule has 0 N–H and O–H groups in total. The molecule has 0 amide bonds. The van der Waals surface area contributed by atoms with Crippen LogP contribution >= 0.6 is 0 Å². The van der Waals surface area contributed by atoms with Crippen molar-refractivity contribution in [3.8, 4) is 0 Å². The van der Waals surface area contributed by atoms with Crippen LogP contribution in [-0.4, -0.2) is 45.7 Å². The topological polar surface area (TPSA) is 69.7 Å². The van der Waals surface area contributed by atoms with E-state index in [0.29, 0.717) is 0 Å². The van der Waals surface area contributed by atoms with Gasteiger partial charge in [0, 0.05) is 6.26 Å². The van der Waals surface area contributed by atoms with Gasteiger partial charge in [0.15, 0.2) is 0 Å². The van der Waals surface area contributed by atoms with Gasteiger partial charge in [-0.05, 0) is 19.3 Å². The summed E-state index contributed by atoms with van der Waals surface area (Å²) in [7, 11) is -1.69. The number of ether oxygens (including phenoxy) is 2. The van der Waals surface area contributed by atoms with Crippen molar-refractivity contribution in [2.45, 2.75) is 37.9 Å². The Morgan fingerprint density at radius 3 is 2.56 bits per heavy atom. The Labute approximate surface area is 96.0 Å². The molecule has 0 aromatic rings. The number of sulfone groups is 1. The Kier molecular flexibility index (Phi) is 4.73. The normalized spacial score (nSPS) is 26.4. The number of hydrogen-bond donors (Lipinski definition) is 0. The molecular formula is C10H18O5S. The number of hydrogen-bond acceptors (Lipinski definition) is 5. The van der Waals surface area contributed by atoms with Gasteiger partial charge in [0.2, 0.25) is 0 Å². The third kappa shape index (κ3) is 4.94. The van der Waals surface area contributed by atoms with E-state index in [4.69, 9.17) is 4.74 Å². The summed E-state index contributed by atoms with van der Waals surface area (Å²) in [5, 5.41) is 0. The van der Waals surface area contributed by atoms with Gasteiger partial charge in [-0.1, -0.05) is 0 Å². The summed E-state index contributed by atoms with van der Waals surface area (Å²) in [4.78, 5) is 11.1. The second kappa shape index (κ2) is 5.63. The van der Waals surface area contributed by atoms with Gasteiger partial charge in [-0.15, -0.1) is 0 Å². The number of carbonyl (C=O) groups is 1. The van der Waals surface area contributed by atoms with Crippen LogP contribution in [0.1, 0.15) is 25.7 Å². The predicted molar refractivity (Wildman–Crippen MR) is 58.9 cm³/mol. The van der Waals surface area contributed by atoms with E-state index in [1.165, 1.54) is 13.4 Å². The quantitative estimate of drug-likeness (QED) is 0.681.